The third kappa shape index (κ3) is 3.13. The van der Waals surface area contributed by atoms with Gasteiger partial charge in [-0.1, -0.05) is 20.3 Å². The highest BCUT2D eigenvalue weighted by Crippen LogP contribution is 2.26. The number of aliphatic carboxylic acids is 1. The predicted molar refractivity (Wildman–Crippen MR) is 82.9 cm³/mol. The zero-order valence-electron chi connectivity index (χ0n) is 12.3. The molecule has 7 nitrogen and oxygen atoms in total. The van der Waals surface area contributed by atoms with Crippen LogP contribution in [0, 0.1) is 16.0 Å². The Bertz CT molecular complexity index is 717. The fourth-order valence-corrected chi connectivity index (χ4v) is 2.22. The summed E-state index contributed by atoms with van der Waals surface area (Å²) in [6.45, 7) is 3.77. The van der Waals surface area contributed by atoms with Crippen LogP contribution in [0.2, 0.25) is 0 Å². The third-order valence-corrected chi connectivity index (χ3v) is 3.73. The van der Waals surface area contributed by atoms with Crippen molar-refractivity contribution in [2.45, 2.75) is 26.3 Å². The lowest BCUT2D eigenvalue weighted by atomic mass is 9.99. The van der Waals surface area contributed by atoms with Gasteiger partial charge in [-0.05, 0) is 23.4 Å². The second-order valence-corrected chi connectivity index (χ2v) is 5.17. The number of hydrogen-bond acceptors (Lipinski definition) is 5. The molecule has 1 heterocycles. The molecular formula is C15H17N3O4. The van der Waals surface area contributed by atoms with Crippen LogP contribution in [0.4, 0.5) is 11.5 Å². The van der Waals surface area contributed by atoms with Gasteiger partial charge in [0.1, 0.15) is 11.9 Å². The van der Waals surface area contributed by atoms with E-state index >= 15 is 0 Å². The minimum Gasteiger partial charge on any atom is -0.480 e. The number of carbonyl (C=O) groups is 1. The smallest absolute Gasteiger partial charge is 0.326 e. The number of anilines is 1. The van der Waals surface area contributed by atoms with E-state index in [0.717, 1.165) is 0 Å². The summed E-state index contributed by atoms with van der Waals surface area (Å²) in [5, 5.41) is 24.4. The molecule has 2 rings (SSSR count). The first kappa shape index (κ1) is 15.7. The summed E-state index contributed by atoms with van der Waals surface area (Å²) in [7, 11) is 0. The van der Waals surface area contributed by atoms with Gasteiger partial charge in [0, 0.05) is 23.7 Å². The van der Waals surface area contributed by atoms with Gasteiger partial charge in [-0.3, -0.25) is 10.1 Å². The number of carboxylic acid groups (broad SMARTS) is 1. The number of nitro groups is 1. The Balaban J connectivity index is 2.43. The summed E-state index contributed by atoms with van der Waals surface area (Å²) < 4.78 is 0. The van der Waals surface area contributed by atoms with Gasteiger partial charge in [0.25, 0.3) is 5.69 Å². The second kappa shape index (κ2) is 6.38. The highest BCUT2D eigenvalue weighted by atomic mass is 16.6. The van der Waals surface area contributed by atoms with Crippen LogP contribution >= 0.6 is 0 Å². The predicted octanol–water partition coefficient (Wildman–Crippen LogP) is 3.05. The molecule has 0 spiro atoms. The van der Waals surface area contributed by atoms with Crippen LogP contribution in [0.3, 0.4) is 0 Å². The van der Waals surface area contributed by atoms with Crippen LogP contribution in [-0.4, -0.2) is 27.0 Å². The molecule has 0 fully saturated rings. The van der Waals surface area contributed by atoms with Crippen LogP contribution < -0.4 is 5.32 Å². The van der Waals surface area contributed by atoms with Gasteiger partial charge in [0.15, 0.2) is 0 Å². The Kier molecular flexibility index (Phi) is 4.55. The molecule has 1 aromatic heterocycles. The molecule has 7 heteroatoms. The Hall–Kier alpha value is -2.70. The SMILES string of the molecule is CC[C@H](C)[C@H](Nc1nccc2cc([N+](=O)[O-])ccc12)C(=O)O. The Labute approximate surface area is 127 Å². The summed E-state index contributed by atoms with van der Waals surface area (Å²) in [5.41, 5.74) is -0.0126. The Morgan fingerprint density at radius 3 is 2.77 bits per heavy atom. The first-order valence-electron chi connectivity index (χ1n) is 6.96. The molecule has 0 bridgehead atoms. The molecular weight excluding hydrogens is 286 g/mol. The highest BCUT2D eigenvalue weighted by Gasteiger charge is 2.24. The van der Waals surface area contributed by atoms with Gasteiger partial charge in [0.05, 0.1) is 4.92 Å². The van der Waals surface area contributed by atoms with Crippen LogP contribution in [0.1, 0.15) is 20.3 Å². The lowest BCUT2D eigenvalue weighted by Crippen LogP contribution is -2.35. The van der Waals surface area contributed by atoms with Gasteiger partial charge >= 0.3 is 5.97 Å². The van der Waals surface area contributed by atoms with E-state index in [9.17, 15) is 20.0 Å². The second-order valence-electron chi connectivity index (χ2n) is 5.17. The summed E-state index contributed by atoms with van der Waals surface area (Å²) in [5.74, 6) is -0.609. The standard InChI is InChI=1S/C15H17N3O4/c1-3-9(2)13(15(19)20)17-14-12-5-4-11(18(21)22)8-10(12)6-7-16-14/h4-9,13H,3H2,1-2H3,(H,16,17)(H,19,20)/t9-,13-/m0/s1. The first-order valence-corrected chi connectivity index (χ1v) is 6.96. The topological polar surface area (TPSA) is 105 Å². The summed E-state index contributed by atoms with van der Waals surface area (Å²) in [4.78, 5) is 25.9. The van der Waals surface area contributed by atoms with E-state index in [1.807, 2.05) is 13.8 Å². The number of aromatic nitrogens is 1. The zero-order valence-corrected chi connectivity index (χ0v) is 12.3. The van der Waals surface area contributed by atoms with Gasteiger partial charge in [0.2, 0.25) is 0 Å². The first-order chi connectivity index (χ1) is 10.4. The molecule has 0 saturated heterocycles. The monoisotopic (exact) mass is 303 g/mol. The van der Waals surface area contributed by atoms with E-state index in [-0.39, 0.29) is 11.6 Å². The van der Waals surface area contributed by atoms with E-state index in [1.54, 1.807) is 12.1 Å². The fraction of sp³-hybridized carbons (Fsp3) is 0.333. The van der Waals surface area contributed by atoms with Crippen molar-refractivity contribution >= 4 is 28.2 Å². The number of carboxylic acids is 1. The van der Waals surface area contributed by atoms with E-state index < -0.39 is 16.9 Å². The van der Waals surface area contributed by atoms with Crippen molar-refractivity contribution in [2.75, 3.05) is 5.32 Å². The molecule has 0 unspecified atom stereocenters. The average molecular weight is 303 g/mol. The van der Waals surface area contributed by atoms with Crippen molar-refractivity contribution in [3.8, 4) is 0 Å². The molecule has 2 N–H and O–H groups in total. The third-order valence-electron chi connectivity index (χ3n) is 3.73. The molecule has 0 saturated carbocycles. The van der Waals surface area contributed by atoms with Crippen LogP contribution in [0.5, 0.6) is 0 Å². The van der Waals surface area contributed by atoms with Crippen molar-refractivity contribution in [3.63, 3.8) is 0 Å². The normalized spacial score (nSPS) is 13.5. The van der Waals surface area contributed by atoms with Crippen molar-refractivity contribution in [2.24, 2.45) is 5.92 Å². The van der Waals surface area contributed by atoms with E-state index in [4.69, 9.17) is 0 Å². The fourth-order valence-electron chi connectivity index (χ4n) is 2.22. The highest BCUT2D eigenvalue weighted by molar-refractivity contribution is 5.94. The number of nitro benzene ring substituents is 1. The van der Waals surface area contributed by atoms with Gasteiger partial charge in [-0.15, -0.1) is 0 Å². The maximum absolute atomic E-state index is 11.4. The molecule has 22 heavy (non-hydrogen) atoms. The Morgan fingerprint density at radius 1 is 1.45 bits per heavy atom. The number of nitrogens with zero attached hydrogens (tertiary/aromatic N) is 2. The molecule has 2 aromatic rings. The van der Waals surface area contributed by atoms with Crippen molar-refractivity contribution < 1.29 is 14.8 Å². The van der Waals surface area contributed by atoms with Crippen LogP contribution in [-0.2, 0) is 4.79 Å². The van der Waals surface area contributed by atoms with Crippen molar-refractivity contribution in [1.29, 1.82) is 0 Å². The van der Waals surface area contributed by atoms with Crippen LogP contribution in [0.25, 0.3) is 10.8 Å². The van der Waals surface area contributed by atoms with Crippen LogP contribution in [0.15, 0.2) is 30.5 Å². The van der Waals surface area contributed by atoms with Crippen molar-refractivity contribution in [3.05, 3.63) is 40.6 Å². The number of hydrogen-bond donors (Lipinski definition) is 2. The quantitative estimate of drug-likeness (QED) is 0.627. The lowest BCUT2D eigenvalue weighted by Gasteiger charge is -2.21. The number of fused-ring (bicyclic) bond motifs is 1. The molecule has 0 amide bonds. The van der Waals surface area contributed by atoms with E-state index in [2.05, 4.69) is 10.3 Å². The Morgan fingerprint density at radius 2 is 2.18 bits per heavy atom. The van der Waals surface area contributed by atoms with Gasteiger partial charge < -0.3 is 10.4 Å². The minimum atomic E-state index is -0.949. The summed E-state index contributed by atoms with van der Waals surface area (Å²) in [6.07, 6.45) is 2.21. The van der Waals surface area contributed by atoms with Crippen molar-refractivity contribution in [1.82, 2.24) is 4.98 Å². The zero-order chi connectivity index (χ0) is 16.3. The number of nitrogens with one attached hydrogen (secondary N) is 1. The maximum Gasteiger partial charge on any atom is 0.326 e. The number of pyridine rings is 1. The summed E-state index contributed by atoms with van der Waals surface area (Å²) >= 11 is 0. The maximum atomic E-state index is 11.4. The molecule has 2 atom stereocenters. The molecule has 0 aliphatic carbocycles. The van der Waals surface area contributed by atoms with E-state index in [1.165, 1.54) is 18.3 Å². The lowest BCUT2D eigenvalue weighted by molar-refractivity contribution is -0.384. The minimum absolute atomic E-state index is 0.0126. The van der Waals surface area contributed by atoms with Gasteiger partial charge in [-0.2, -0.15) is 0 Å². The van der Waals surface area contributed by atoms with Gasteiger partial charge in [-0.25, -0.2) is 9.78 Å². The number of non-ortho nitro benzene ring substituents is 1. The molecule has 1 aromatic carbocycles. The summed E-state index contributed by atoms with van der Waals surface area (Å²) in [6, 6.07) is 5.30. The molecule has 116 valence electrons. The molecule has 0 aliphatic rings. The largest absolute Gasteiger partial charge is 0.480 e. The number of rotatable bonds is 6. The average Bonchev–Trinajstić information content (AvgIpc) is 2.50. The molecule has 0 aliphatic heterocycles. The molecule has 0 radical (unpaired) electrons. The number of benzene rings is 1. The van der Waals surface area contributed by atoms with E-state index in [0.29, 0.717) is 23.0 Å².